The van der Waals surface area contributed by atoms with Gasteiger partial charge in [0, 0.05) is 29.2 Å². The standard InChI is InChI=1S/C23H29ClN2O.C2H6/c1-15-12-19(13-16(2)26(15)3)23(27)21-10-9-20(24)14-18(21)7-4-6-17-8-5-11-25-22(17)23;1-2/h5,8-11,14-16,19,27H,4,6-7,12-13H2,1-3H3;1-2H3. The third-order valence-electron chi connectivity index (χ3n) is 6.86. The number of halogens is 1. The molecule has 2 aliphatic rings. The summed E-state index contributed by atoms with van der Waals surface area (Å²) in [5.74, 6) is 0.130. The monoisotopic (exact) mass is 414 g/mol. The third-order valence-corrected chi connectivity index (χ3v) is 7.09. The fourth-order valence-corrected chi connectivity index (χ4v) is 5.36. The highest BCUT2D eigenvalue weighted by Gasteiger charge is 2.47. The number of hydrogen-bond acceptors (Lipinski definition) is 3. The van der Waals surface area contributed by atoms with Gasteiger partial charge >= 0.3 is 0 Å². The number of piperidine rings is 1. The predicted octanol–water partition coefficient (Wildman–Crippen LogP) is 5.60. The molecule has 0 amide bonds. The van der Waals surface area contributed by atoms with Crippen LogP contribution in [0.2, 0.25) is 5.02 Å². The average Bonchev–Trinajstić information content (AvgIpc) is 2.72. The summed E-state index contributed by atoms with van der Waals surface area (Å²) in [5, 5.41) is 13.1. The second-order valence-corrected chi connectivity index (χ2v) is 8.90. The van der Waals surface area contributed by atoms with Crippen LogP contribution in [-0.2, 0) is 18.4 Å². The second kappa shape index (κ2) is 9.16. The molecule has 1 aromatic heterocycles. The van der Waals surface area contributed by atoms with Crippen LogP contribution in [0.25, 0.3) is 0 Å². The van der Waals surface area contributed by atoms with Crippen LogP contribution < -0.4 is 0 Å². The highest BCUT2D eigenvalue weighted by molar-refractivity contribution is 6.30. The number of aliphatic hydroxyl groups is 1. The minimum absolute atomic E-state index is 0.130. The summed E-state index contributed by atoms with van der Waals surface area (Å²) in [5.41, 5.74) is 3.13. The quantitative estimate of drug-likeness (QED) is 0.659. The zero-order valence-electron chi connectivity index (χ0n) is 18.5. The fraction of sp³-hybridized carbons (Fsp3) is 0.560. The van der Waals surface area contributed by atoms with Crippen molar-refractivity contribution < 1.29 is 5.11 Å². The van der Waals surface area contributed by atoms with E-state index in [1.54, 1.807) is 0 Å². The molecule has 0 saturated carbocycles. The van der Waals surface area contributed by atoms with Crippen molar-refractivity contribution in [3.8, 4) is 0 Å². The van der Waals surface area contributed by atoms with E-state index in [2.05, 4.69) is 31.9 Å². The molecular weight excluding hydrogens is 380 g/mol. The van der Waals surface area contributed by atoms with Gasteiger partial charge in [0.05, 0.1) is 5.69 Å². The number of benzene rings is 1. The van der Waals surface area contributed by atoms with Gasteiger partial charge in [-0.1, -0.05) is 37.6 Å². The smallest absolute Gasteiger partial charge is 0.135 e. The first-order chi connectivity index (χ1) is 13.9. The number of rotatable bonds is 1. The molecule has 1 aliphatic heterocycles. The van der Waals surface area contributed by atoms with Crippen molar-refractivity contribution in [2.24, 2.45) is 5.92 Å². The van der Waals surface area contributed by atoms with E-state index in [4.69, 9.17) is 16.6 Å². The molecule has 2 aromatic rings. The van der Waals surface area contributed by atoms with Crippen LogP contribution in [0.5, 0.6) is 0 Å². The maximum atomic E-state index is 12.4. The lowest BCUT2D eigenvalue weighted by Crippen LogP contribution is -2.51. The molecule has 0 bridgehead atoms. The second-order valence-electron chi connectivity index (χ2n) is 8.46. The van der Waals surface area contributed by atoms with E-state index in [0.717, 1.165) is 48.4 Å². The Morgan fingerprint density at radius 2 is 1.72 bits per heavy atom. The van der Waals surface area contributed by atoms with E-state index >= 15 is 0 Å². The summed E-state index contributed by atoms with van der Waals surface area (Å²) in [4.78, 5) is 7.16. The summed E-state index contributed by atoms with van der Waals surface area (Å²) >= 11 is 6.31. The fourth-order valence-electron chi connectivity index (χ4n) is 5.16. The van der Waals surface area contributed by atoms with Gasteiger partial charge in [-0.2, -0.15) is 0 Å². The molecule has 3 nitrogen and oxygen atoms in total. The molecule has 1 aromatic carbocycles. The lowest BCUT2D eigenvalue weighted by atomic mass is 9.67. The number of aromatic nitrogens is 1. The topological polar surface area (TPSA) is 36.4 Å². The number of hydrogen-bond donors (Lipinski definition) is 1. The number of aryl methyl sites for hydroxylation is 2. The van der Waals surface area contributed by atoms with Crippen molar-refractivity contribution in [1.82, 2.24) is 9.88 Å². The minimum atomic E-state index is -1.07. The van der Waals surface area contributed by atoms with Gasteiger partial charge in [0.15, 0.2) is 0 Å². The van der Waals surface area contributed by atoms with Crippen LogP contribution in [-0.4, -0.2) is 34.1 Å². The Balaban J connectivity index is 0.00000117. The molecule has 1 aliphatic carbocycles. The van der Waals surface area contributed by atoms with Crippen LogP contribution >= 0.6 is 11.6 Å². The molecule has 29 heavy (non-hydrogen) atoms. The van der Waals surface area contributed by atoms with Crippen molar-refractivity contribution in [3.05, 3.63) is 63.9 Å². The molecule has 2 heterocycles. The first-order valence-electron chi connectivity index (χ1n) is 11.1. The van der Waals surface area contributed by atoms with E-state index in [1.165, 1.54) is 11.1 Å². The molecule has 0 spiro atoms. The first-order valence-corrected chi connectivity index (χ1v) is 11.5. The van der Waals surface area contributed by atoms with Crippen molar-refractivity contribution in [2.75, 3.05) is 7.05 Å². The Hall–Kier alpha value is -1.42. The summed E-state index contributed by atoms with van der Waals surface area (Å²) in [7, 11) is 2.19. The number of likely N-dealkylation sites (tertiary alicyclic amines) is 1. The van der Waals surface area contributed by atoms with Crippen LogP contribution in [0, 0.1) is 5.92 Å². The lowest BCUT2D eigenvalue weighted by Gasteiger charge is -2.47. The van der Waals surface area contributed by atoms with E-state index < -0.39 is 5.60 Å². The maximum absolute atomic E-state index is 12.4. The highest BCUT2D eigenvalue weighted by Crippen LogP contribution is 2.47. The zero-order valence-corrected chi connectivity index (χ0v) is 19.2. The molecular formula is C25H35ClN2O. The van der Waals surface area contributed by atoms with Gasteiger partial charge in [0.2, 0.25) is 0 Å². The molecule has 4 rings (SSSR count). The van der Waals surface area contributed by atoms with Crippen molar-refractivity contribution in [2.45, 2.75) is 77.5 Å². The summed E-state index contributed by atoms with van der Waals surface area (Å²) in [6, 6.07) is 11.0. The van der Waals surface area contributed by atoms with Crippen LogP contribution in [0.1, 0.15) is 69.3 Å². The molecule has 1 fully saturated rings. The van der Waals surface area contributed by atoms with Gasteiger partial charge in [-0.25, -0.2) is 0 Å². The largest absolute Gasteiger partial charge is 0.378 e. The van der Waals surface area contributed by atoms with Gasteiger partial charge in [0.1, 0.15) is 5.60 Å². The summed E-state index contributed by atoms with van der Waals surface area (Å²) in [6.07, 6.45) is 6.65. The first kappa shape index (κ1) is 22.3. The molecule has 1 N–H and O–H groups in total. The van der Waals surface area contributed by atoms with E-state index in [1.807, 2.05) is 44.3 Å². The van der Waals surface area contributed by atoms with Crippen molar-refractivity contribution in [1.29, 1.82) is 0 Å². The van der Waals surface area contributed by atoms with Gasteiger partial charge in [-0.05, 0) is 87.9 Å². The average molecular weight is 415 g/mol. The Bertz CT molecular complexity index is 827. The highest BCUT2D eigenvalue weighted by atomic mass is 35.5. The molecule has 0 radical (unpaired) electrons. The molecule has 3 unspecified atom stereocenters. The number of pyridine rings is 1. The van der Waals surface area contributed by atoms with E-state index in [-0.39, 0.29) is 5.92 Å². The minimum Gasteiger partial charge on any atom is -0.378 e. The number of nitrogens with zero attached hydrogens (tertiary/aromatic N) is 2. The molecule has 3 atom stereocenters. The van der Waals surface area contributed by atoms with Crippen LogP contribution in [0.3, 0.4) is 0 Å². The van der Waals surface area contributed by atoms with Gasteiger partial charge in [0.25, 0.3) is 0 Å². The maximum Gasteiger partial charge on any atom is 0.135 e. The third kappa shape index (κ3) is 4.10. The van der Waals surface area contributed by atoms with Gasteiger partial charge < -0.3 is 10.0 Å². The summed E-state index contributed by atoms with van der Waals surface area (Å²) < 4.78 is 0. The number of fused-ring (bicyclic) bond motifs is 2. The van der Waals surface area contributed by atoms with Crippen molar-refractivity contribution >= 4 is 11.6 Å². The van der Waals surface area contributed by atoms with Crippen molar-refractivity contribution in [3.63, 3.8) is 0 Å². The normalized spacial score (nSPS) is 29.6. The Morgan fingerprint density at radius 1 is 1.07 bits per heavy atom. The van der Waals surface area contributed by atoms with Crippen LogP contribution in [0.15, 0.2) is 36.5 Å². The van der Waals surface area contributed by atoms with E-state index in [0.29, 0.717) is 12.1 Å². The Labute approximate surface area is 181 Å². The zero-order chi connectivity index (χ0) is 21.2. The molecule has 1 saturated heterocycles. The molecule has 158 valence electrons. The Morgan fingerprint density at radius 3 is 2.41 bits per heavy atom. The SMILES string of the molecule is CC.CC1CC(C2(O)c3ccc(Cl)cc3CCCc3cccnc32)CC(C)N1C. The van der Waals surface area contributed by atoms with Gasteiger partial charge in [-0.3, -0.25) is 4.98 Å². The van der Waals surface area contributed by atoms with E-state index in [9.17, 15) is 5.11 Å². The van der Waals surface area contributed by atoms with Crippen LogP contribution in [0.4, 0.5) is 0 Å². The van der Waals surface area contributed by atoms with Gasteiger partial charge in [-0.15, -0.1) is 0 Å². The predicted molar refractivity (Wildman–Crippen MR) is 121 cm³/mol. The Kier molecular flexibility index (Phi) is 7.03. The molecule has 4 heteroatoms. The lowest BCUT2D eigenvalue weighted by molar-refractivity contribution is -0.0424. The summed E-state index contributed by atoms with van der Waals surface area (Å²) in [6.45, 7) is 8.52.